The second-order valence-corrected chi connectivity index (χ2v) is 5.40. The van der Waals surface area contributed by atoms with Crippen molar-refractivity contribution < 1.29 is 31.5 Å². The summed E-state index contributed by atoms with van der Waals surface area (Å²) in [7, 11) is 1.61. The van der Waals surface area contributed by atoms with Crippen molar-refractivity contribution in [1.82, 2.24) is 5.10 Å². The lowest BCUT2D eigenvalue weighted by atomic mass is 10.2. The molecule has 0 aliphatic heterocycles. The van der Waals surface area contributed by atoms with Crippen molar-refractivity contribution in [3.63, 3.8) is 0 Å². The minimum atomic E-state index is 0. The van der Waals surface area contributed by atoms with Crippen molar-refractivity contribution >= 4 is 23.5 Å². The highest BCUT2D eigenvalue weighted by Gasteiger charge is 2.13. The number of aryl methyl sites for hydroxylation is 1. The second kappa shape index (κ2) is 7.95. The Morgan fingerprint density at radius 2 is 2.19 bits per heavy atom. The number of phenols is 1. The lowest BCUT2D eigenvalue weighted by Crippen LogP contribution is -3.00. The number of hydrogen-bond donors (Lipinski definition) is 1. The Morgan fingerprint density at radius 1 is 1.43 bits per heavy atom. The normalized spacial score (nSPS) is 10.4. The summed E-state index contributed by atoms with van der Waals surface area (Å²) in [6.45, 7) is 6.37. The van der Waals surface area contributed by atoms with Gasteiger partial charge in [0.15, 0.2) is 11.6 Å². The molecule has 0 radical (unpaired) electrons. The van der Waals surface area contributed by atoms with E-state index in [0.717, 1.165) is 21.3 Å². The van der Waals surface area contributed by atoms with E-state index in [0.29, 0.717) is 6.54 Å². The van der Waals surface area contributed by atoms with E-state index in [2.05, 4.69) is 11.7 Å². The summed E-state index contributed by atoms with van der Waals surface area (Å²) in [4.78, 5) is 0. The second-order valence-electron chi connectivity index (χ2n) is 4.19. The van der Waals surface area contributed by atoms with E-state index in [-0.39, 0.29) is 22.7 Å². The summed E-state index contributed by atoms with van der Waals surface area (Å²) in [6, 6.07) is 5.01. The topological polar surface area (TPSA) is 46.2 Å². The van der Waals surface area contributed by atoms with Gasteiger partial charge in [-0.25, -0.2) is 0 Å². The number of benzene rings is 1. The van der Waals surface area contributed by atoms with E-state index in [1.54, 1.807) is 36.6 Å². The highest BCUT2D eigenvalue weighted by molar-refractivity contribution is 7.11. The summed E-state index contributed by atoms with van der Waals surface area (Å²) < 4.78 is 7.16. The average Bonchev–Trinajstić information content (AvgIpc) is 2.77. The minimum Gasteiger partial charge on any atom is -1.00 e. The molecule has 0 spiro atoms. The number of ether oxygens (including phenoxy) is 1. The summed E-state index contributed by atoms with van der Waals surface area (Å²) in [5.74, 6) is 0.931. The van der Waals surface area contributed by atoms with E-state index in [9.17, 15) is 5.11 Å². The first-order valence-corrected chi connectivity index (χ1v) is 6.99. The van der Waals surface area contributed by atoms with Crippen LogP contribution in [0.1, 0.15) is 15.6 Å². The van der Waals surface area contributed by atoms with Gasteiger partial charge in [-0.1, -0.05) is 11.3 Å². The van der Waals surface area contributed by atoms with Gasteiger partial charge in [-0.15, -0.1) is 0 Å². The Balaban J connectivity index is 0.00000220. The number of phenolic OH excluding ortho intramolecular Hbond substituents is 1. The highest BCUT2D eigenvalue weighted by atomic mass is 79.9. The van der Waals surface area contributed by atoms with Gasteiger partial charge in [-0.2, -0.15) is 0 Å². The summed E-state index contributed by atoms with van der Waals surface area (Å²) >= 11 is 1.61. The number of halogens is 1. The maximum absolute atomic E-state index is 9.56. The molecule has 0 saturated carbocycles. The van der Waals surface area contributed by atoms with Crippen molar-refractivity contribution in [1.29, 1.82) is 0 Å². The zero-order chi connectivity index (χ0) is 14.5. The van der Waals surface area contributed by atoms with Gasteiger partial charge in [0.05, 0.1) is 7.11 Å². The van der Waals surface area contributed by atoms with Crippen LogP contribution in [0.2, 0.25) is 0 Å². The number of hydrogen-bond acceptors (Lipinski definition) is 4. The molecule has 112 valence electrons. The van der Waals surface area contributed by atoms with E-state index >= 15 is 0 Å². The molecular weight excluding hydrogens is 352 g/mol. The Kier molecular flexibility index (Phi) is 6.58. The van der Waals surface area contributed by atoms with Crippen LogP contribution >= 0.6 is 11.3 Å². The van der Waals surface area contributed by atoms with Crippen LogP contribution in [0.15, 0.2) is 30.9 Å². The lowest BCUT2D eigenvalue weighted by Gasteiger charge is -2.04. The standard InChI is InChI=1S/C15H16N2O2S.BrH/c1-4-9-17-15(20-11(2)16-17)8-5-12-10-13(18)6-7-14(12)19-3;/h4-8,10H,1,9H2,2-3H3;1H/b8-5+;. The molecule has 4 nitrogen and oxygen atoms in total. The number of rotatable bonds is 5. The van der Waals surface area contributed by atoms with Crippen molar-refractivity contribution in [2.24, 2.45) is 0 Å². The Labute approximate surface area is 138 Å². The molecule has 2 rings (SSSR count). The minimum absolute atomic E-state index is 0. The fourth-order valence-electron chi connectivity index (χ4n) is 1.83. The van der Waals surface area contributed by atoms with Gasteiger partial charge in [0, 0.05) is 16.7 Å². The first-order valence-electron chi connectivity index (χ1n) is 6.17. The highest BCUT2D eigenvalue weighted by Crippen LogP contribution is 2.25. The monoisotopic (exact) mass is 368 g/mol. The van der Waals surface area contributed by atoms with Gasteiger partial charge < -0.3 is 26.8 Å². The van der Waals surface area contributed by atoms with E-state index in [1.807, 2.05) is 29.8 Å². The number of aromatic hydroxyl groups is 1. The van der Waals surface area contributed by atoms with E-state index in [1.165, 1.54) is 0 Å². The number of nitrogens with zero attached hydrogens (tertiary/aromatic N) is 2. The first-order chi connectivity index (χ1) is 9.63. The molecule has 0 fully saturated rings. The predicted molar refractivity (Wildman–Crippen MR) is 80.8 cm³/mol. The maximum Gasteiger partial charge on any atom is 0.289 e. The van der Waals surface area contributed by atoms with Crippen LogP contribution in [0.5, 0.6) is 11.5 Å². The summed E-state index contributed by atoms with van der Waals surface area (Å²) in [6.07, 6.45) is 5.68. The Hall–Kier alpha value is -1.66. The molecule has 0 bridgehead atoms. The molecule has 21 heavy (non-hydrogen) atoms. The Bertz CT molecular complexity index is 653. The van der Waals surface area contributed by atoms with Crippen molar-refractivity contribution in [3.05, 3.63) is 46.4 Å². The van der Waals surface area contributed by atoms with Crippen LogP contribution in [-0.4, -0.2) is 17.3 Å². The van der Waals surface area contributed by atoms with Gasteiger partial charge in [-0.05, 0) is 48.6 Å². The fourth-order valence-corrected chi connectivity index (χ4v) is 2.63. The first kappa shape index (κ1) is 17.4. The molecule has 0 unspecified atom stereocenters. The van der Waals surface area contributed by atoms with Crippen molar-refractivity contribution in [3.8, 4) is 11.5 Å². The Morgan fingerprint density at radius 3 is 2.86 bits per heavy atom. The molecule has 1 heterocycles. The molecule has 1 N–H and O–H groups in total. The number of methoxy groups -OCH3 is 1. The third-order valence-corrected chi connectivity index (χ3v) is 3.62. The third-order valence-electron chi connectivity index (χ3n) is 2.69. The molecule has 0 saturated heterocycles. The van der Waals surface area contributed by atoms with Crippen LogP contribution in [0.4, 0.5) is 0 Å². The van der Waals surface area contributed by atoms with Gasteiger partial charge >= 0.3 is 0 Å². The van der Waals surface area contributed by atoms with Gasteiger partial charge in [0.25, 0.3) is 5.01 Å². The van der Waals surface area contributed by atoms with E-state index in [4.69, 9.17) is 4.74 Å². The molecule has 6 heteroatoms. The number of aromatic nitrogens is 2. The SMILES string of the molecule is C=CC[n+]1nc(C)sc1/C=C/c1cc(O)ccc1OC.[Br-]. The number of allylic oxidation sites excluding steroid dienone is 1. The van der Waals surface area contributed by atoms with Crippen LogP contribution in [0.3, 0.4) is 0 Å². The molecule has 1 aromatic carbocycles. The lowest BCUT2D eigenvalue weighted by molar-refractivity contribution is -0.741. The van der Waals surface area contributed by atoms with E-state index < -0.39 is 0 Å². The van der Waals surface area contributed by atoms with Crippen molar-refractivity contribution in [2.45, 2.75) is 13.5 Å². The zero-order valence-corrected chi connectivity index (χ0v) is 14.3. The summed E-state index contributed by atoms with van der Waals surface area (Å²) in [5, 5.41) is 16.0. The molecular formula is C15H17BrN2O2S. The zero-order valence-electron chi connectivity index (χ0n) is 11.9. The predicted octanol–water partition coefficient (Wildman–Crippen LogP) is -0.186. The van der Waals surface area contributed by atoms with Gasteiger partial charge in [-0.3, -0.25) is 0 Å². The smallest absolute Gasteiger partial charge is 0.289 e. The molecule has 0 aliphatic rings. The average molecular weight is 369 g/mol. The quantitative estimate of drug-likeness (QED) is 0.587. The largest absolute Gasteiger partial charge is 1.00 e. The van der Waals surface area contributed by atoms with Crippen molar-refractivity contribution in [2.75, 3.05) is 7.11 Å². The molecule has 0 aliphatic carbocycles. The van der Waals surface area contributed by atoms with Gasteiger partial charge in [0.1, 0.15) is 11.5 Å². The summed E-state index contributed by atoms with van der Waals surface area (Å²) in [5.41, 5.74) is 0.823. The molecule has 1 aromatic heterocycles. The van der Waals surface area contributed by atoms with Crippen LogP contribution in [-0.2, 0) is 6.54 Å². The fraction of sp³-hybridized carbons (Fsp3) is 0.200. The van der Waals surface area contributed by atoms with Crippen LogP contribution in [0.25, 0.3) is 12.2 Å². The third kappa shape index (κ3) is 4.41. The molecule has 2 aromatic rings. The maximum atomic E-state index is 9.56. The van der Waals surface area contributed by atoms with Crippen LogP contribution in [0, 0.1) is 6.92 Å². The van der Waals surface area contributed by atoms with Gasteiger partial charge in [0.2, 0.25) is 0 Å². The van der Waals surface area contributed by atoms with Crippen LogP contribution < -0.4 is 26.4 Å². The molecule has 0 amide bonds. The molecule has 0 atom stereocenters.